The van der Waals surface area contributed by atoms with E-state index >= 15 is 0 Å². The molecule has 0 aliphatic carbocycles. The molecule has 0 amide bonds. The summed E-state index contributed by atoms with van der Waals surface area (Å²) in [5.41, 5.74) is 6.13. The number of hydrogen-bond acceptors (Lipinski definition) is 2. The normalized spacial score (nSPS) is 12.6. The lowest BCUT2D eigenvalue weighted by Gasteiger charge is -2.09. The third-order valence-electron chi connectivity index (χ3n) is 1.86. The summed E-state index contributed by atoms with van der Waals surface area (Å²) >= 11 is 2.99. The van der Waals surface area contributed by atoms with Crippen molar-refractivity contribution < 1.29 is 14.3 Å². The maximum Gasteiger partial charge on any atom is 0.325 e. The Balaban J connectivity index is 3.19. The molecule has 1 rings (SSSR count). The second-order valence-electron chi connectivity index (χ2n) is 2.95. The zero-order chi connectivity index (χ0) is 10.9. The summed E-state index contributed by atoms with van der Waals surface area (Å²) in [6.45, 7) is 1.55. The quantitative estimate of drug-likeness (QED) is 0.856. The molecule has 1 aromatic rings. The van der Waals surface area contributed by atoms with Gasteiger partial charge in [0.15, 0.2) is 0 Å². The Kier molecular flexibility index (Phi) is 3.23. The molecule has 0 aliphatic heterocycles. The highest BCUT2D eigenvalue weighted by Crippen LogP contribution is 2.23. The van der Waals surface area contributed by atoms with Crippen LogP contribution in [0.5, 0.6) is 0 Å². The first kappa shape index (κ1) is 11.1. The van der Waals surface area contributed by atoms with Gasteiger partial charge in [0.05, 0.1) is 4.47 Å². The Morgan fingerprint density at radius 1 is 1.64 bits per heavy atom. The number of rotatable bonds is 2. The first-order valence-electron chi connectivity index (χ1n) is 3.87. The van der Waals surface area contributed by atoms with Crippen molar-refractivity contribution in [2.75, 3.05) is 0 Å². The van der Waals surface area contributed by atoms with Gasteiger partial charge in [-0.3, -0.25) is 4.79 Å². The number of benzene rings is 1. The van der Waals surface area contributed by atoms with Crippen LogP contribution in [0.15, 0.2) is 16.6 Å². The van der Waals surface area contributed by atoms with Gasteiger partial charge in [0, 0.05) is 0 Å². The summed E-state index contributed by atoms with van der Waals surface area (Å²) in [5.74, 6) is -1.53. The smallest absolute Gasteiger partial charge is 0.325 e. The van der Waals surface area contributed by atoms with Crippen molar-refractivity contribution in [3.05, 3.63) is 33.5 Å². The van der Waals surface area contributed by atoms with Gasteiger partial charge in [0.2, 0.25) is 0 Å². The highest BCUT2D eigenvalue weighted by molar-refractivity contribution is 9.10. The minimum atomic E-state index is -1.14. The first-order valence-corrected chi connectivity index (χ1v) is 4.66. The molecule has 0 aromatic heterocycles. The fourth-order valence-corrected chi connectivity index (χ4v) is 1.65. The molecule has 0 radical (unpaired) electrons. The summed E-state index contributed by atoms with van der Waals surface area (Å²) in [4.78, 5) is 10.6. The topological polar surface area (TPSA) is 63.3 Å². The van der Waals surface area contributed by atoms with Crippen molar-refractivity contribution in [3.63, 3.8) is 0 Å². The van der Waals surface area contributed by atoms with Gasteiger partial charge in [-0.1, -0.05) is 6.07 Å². The van der Waals surface area contributed by atoms with Gasteiger partial charge in [0.1, 0.15) is 11.9 Å². The number of halogens is 2. The van der Waals surface area contributed by atoms with Crippen molar-refractivity contribution in [1.29, 1.82) is 0 Å². The largest absolute Gasteiger partial charge is 0.480 e. The van der Waals surface area contributed by atoms with Crippen LogP contribution in [0.3, 0.4) is 0 Å². The third-order valence-corrected chi connectivity index (χ3v) is 2.43. The van der Waals surface area contributed by atoms with Crippen LogP contribution in [-0.2, 0) is 4.79 Å². The van der Waals surface area contributed by atoms with E-state index in [2.05, 4.69) is 15.9 Å². The second kappa shape index (κ2) is 4.06. The molecule has 0 saturated heterocycles. The zero-order valence-electron chi connectivity index (χ0n) is 7.42. The van der Waals surface area contributed by atoms with Crippen LogP contribution in [-0.4, -0.2) is 11.1 Å². The van der Waals surface area contributed by atoms with Crippen molar-refractivity contribution in [1.82, 2.24) is 0 Å². The minimum Gasteiger partial charge on any atom is -0.480 e. The number of carbonyl (C=O) groups is 1. The SMILES string of the molecule is Cc1cc(C(N)C(=O)O)cc(Br)c1F. The lowest BCUT2D eigenvalue weighted by molar-refractivity contribution is -0.138. The maximum absolute atomic E-state index is 13.1. The van der Waals surface area contributed by atoms with Gasteiger partial charge >= 0.3 is 5.97 Å². The molecule has 0 aliphatic rings. The summed E-state index contributed by atoms with van der Waals surface area (Å²) in [6.07, 6.45) is 0. The number of aliphatic carboxylic acids is 1. The van der Waals surface area contributed by atoms with Gasteiger partial charge in [-0.15, -0.1) is 0 Å². The third kappa shape index (κ3) is 2.10. The number of carboxylic acids is 1. The van der Waals surface area contributed by atoms with Gasteiger partial charge in [-0.05, 0) is 40.0 Å². The highest BCUT2D eigenvalue weighted by Gasteiger charge is 2.16. The van der Waals surface area contributed by atoms with Crippen molar-refractivity contribution in [3.8, 4) is 0 Å². The Bertz CT molecular complexity index is 358. The molecule has 0 saturated carbocycles. The van der Waals surface area contributed by atoms with Gasteiger partial charge in [-0.25, -0.2) is 4.39 Å². The molecule has 0 bridgehead atoms. The van der Waals surface area contributed by atoms with E-state index in [-0.39, 0.29) is 4.47 Å². The fraction of sp³-hybridized carbons (Fsp3) is 0.222. The molecular formula is C9H9BrFNO2. The number of nitrogens with two attached hydrogens (primary N) is 1. The lowest BCUT2D eigenvalue weighted by atomic mass is 10.1. The monoisotopic (exact) mass is 261 g/mol. The Morgan fingerprint density at radius 3 is 2.64 bits per heavy atom. The molecule has 0 heterocycles. The second-order valence-corrected chi connectivity index (χ2v) is 3.80. The molecule has 1 unspecified atom stereocenters. The van der Waals surface area contributed by atoms with Crippen molar-refractivity contribution in [2.45, 2.75) is 13.0 Å². The Labute approximate surface area is 88.9 Å². The van der Waals surface area contributed by atoms with E-state index < -0.39 is 17.8 Å². The van der Waals surface area contributed by atoms with Crippen LogP contribution in [0.1, 0.15) is 17.2 Å². The van der Waals surface area contributed by atoms with Crippen LogP contribution >= 0.6 is 15.9 Å². The summed E-state index contributed by atoms with van der Waals surface area (Å²) in [6, 6.07) is 1.69. The standard InChI is InChI=1S/C9H9BrFNO2/c1-4-2-5(8(12)9(13)14)3-6(10)7(4)11/h2-3,8H,12H2,1H3,(H,13,14). The maximum atomic E-state index is 13.1. The van der Waals surface area contributed by atoms with Crippen LogP contribution in [0.25, 0.3) is 0 Å². The number of aryl methyl sites for hydroxylation is 1. The molecule has 76 valence electrons. The number of hydrogen-bond donors (Lipinski definition) is 2. The van der Waals surface area contributed by atoms with Crippen molar-refractivity contribution in [2.24, 2.45) is 5.73 Å². The van der Waals surface area contributed by atoms with E-state index in [0.29, 0.717) is 11.1 Å². The van der Waals surface area contributed by atoms with E-state index in [1.807, 2.05) is 0 Å². The van der Waals surface area contributed by atoms with E-state index in [9.17, 15) is 9.18 Å². The van der Waals surface area contributed by atoms with Crippen LogP contribution in [0.2, 0.25) is 0 Å². The minimum absolute atomic E-state index is 0.226. The Morgan fingerprint density at radius 2 is 2.21 bits per heavy atom. The molecule has 14 heavy (non-hydrogen) atoms. The number of carboxylic acid groups (broad SMARTS) is 1. The molecule has 3 N–H and O–H groups in total. The molecular weight excluding hydrogens is 253 g/mol. The molecule has 0 spiro atoms. The average molecular weight is 262 g/mol. The van der Waals surface area contributed by atoms with Crippen LogP contribution in [0, 0.1) is 12.7 Å². The van der Waals surface area contributed by atoms with Crippen LogP contribution in [0.4, 0.5) is 4.39 Å². The summed E-state index contributed by atoms with van der Waals surface area (Å²) in [7, 11) is 0. The Hall–Kier alpha value is -0.940. The van der Waals surface area contributed by atoms with E-state index in [1.165, 1.54) is 12.1 Å². The van der Waals surface area contributed by atoms with Crippen LogP contribution < -0.4 is 5.73 Å². The molecule has 3 nitrogen and oxygen atoms in total. The molecule has 5 heteroatoms. The van der Waals surface area contributed by atoms with E-state index in [0.717, 1.165) is 0 Å². The first-order chi connectivity index (χ1) is 6.43. The zero-order valence-corrected chi connectivity index (χ0v) is 9.01. The highest BCUT2D eigenvalue weighted by atomic mass is 79.9. The van der Waals surface area contributed by atoms with E-state index in [4.69, 9.17) is 10.8 Å². The average Bonchev–Trinajstić information content (AvgIpc) is 2.12. The predicted molar refractivity (Wildman–Crippen MR) is 53.4 cm³/mol. The molecule has 1 aromatic carbocycles. The van der Waals surface area contributed by atoms with Gasteiger partial charge < -0.3 is 10.8 Å². The van der Waals surface area contributed by atoms with Crippen molar-refractivity contribution >= 4 is 21.9 Å². The summed E-state index contributed by atoms with van der Waals surface area (Å²) in [5, 5.41) is 8.65. The lowest BCUT2D eigenvalue weighted by Crippen LogP contribution is -2.20. The predicted octanol–water partition coefficient (Wildman–Crippen LogP) is 1.98. The van der Waals surface area contributed by atoms with Gasteiger partial charge in [-0.2, -0.15) is 0 Å². The molecule has 1 atom stereocenters. The summed E-state index contributed by atoms with van der Waals surface area (Å²) < 4.78 is 13.4. The van der Waals surface area contributed by atoms with E-state index in [1.54, 1.807) is 6.92 Å². The van der Waals surface area contributed by atoms with Gasteiger partial charge in [0.25, 0.3) is 0 Å². The fourth-order valence-electron chi connectivity index (χ4n) is 1.08. The molecule has 0 fully saturated rings.